The number of esters is 3. The highest BCUT2D eigenvalue weighted by Gasteiger charge is 2.19. The number of carbonyl (C=O) groups excluding carboxylic acids is 3. The molecule has 1 atom stereocenters. The molecular weight excluding hydrogens is 997 g/mol. The standard InChI is InChI=1S/C75H138O6/c1-4-7-10-13-16-19-22-25-28-30-31-32-33-34-35-36-37-38-39-40-41-42-43-45-47-50-53-56-59-62-65-68-74(77)80-71-72(70-79-73(76)67-64-61-58-55-52-49-46-27-24-21-18-15-12-9-6-3)81-75(78)69-66-63-60-57-54-51-48-44-29-26-23-20-17-14-11-8-5-2/h17-18,20-21,26-27,29,46,72H,4-16,19,22-25,28,30-45,47-71H2,1-3H3/b20-17-,21-18-,29-26-,46-27-. The van der Waals surface area contributed by atoms with Crippen molar-refractivity contribution < 1.29 is 28.6 Å². The zero-order valence-electron chi connectivity index (χ0n) is 54.6. The number of unbranched alkanes of at least 4 members (excludes halogenated alkanes) is 48. The Kier molecular flexibility index (Phi) is 67.6. The largest absolute Gasteiger partial charge is 0.462 e. The van der Waals surface area contributed by atoms with E-state index >= 15 is 0 Å². The number of rotatable bonds is 67. The number of carbonyl (C=O) groups is 3. The Bertz CT molecular complexity index is 1400. The summed E-state index contributed by atoms with van der Waals surface area (Å²) < 4.78 is 17.0. The monoisotopic (exact) mass is 1140 g/mol. The van der Waals surface area contributed by atoms with E-state index in [9.17, 15) is 14.4 Å². The first-order chi connectivity index (χ1) is 40.0. The van der Waals surface area contributed by atoms with Gasteiger partial charge in [0.2, 0.25) is 0 Å². The minimum atomic E-state index is -0.783. The van der Waals surface area contributed by atoms with Gasteiger partial charge in [-0.15, -0.1) is 0 Å². The van der Waals surface area contributed by atoms with E-state index < -0.39 is 6.10 Å². The lowest BCUT2D eigenvalue weighted by Gasteiger charge is -2.18. The topological polar surface area (TPSA) is 78.9 Å². The van der Waals surface area contributed by atoms with Crippen molar-refractivity contribution in [3.63, 3.8) is 0 Å². The van der Waals surface area contributed by atoms with Crippen LogP contribution in [-0.4, -0.2) is 37.2 Å². The van der Waals surface area contributed by atoms with E-state index in [1.807, 2.05) is 0 Å². The minimum Gasteiger partial charge on any atom is -0.462 e. The molecule has 6 nitrogen and oxygen atoms in total. The Morgan fingerprint density at radius 2 is 0.444 bits per heavy atom. The molecule has 0 bridgehead atoms. The maximum absolute atomic E-state index is 12.9. The smallest absolute Gasteiger partial charge is 0.306 e. The summed E-state index contributed by atoms with van der Waals surface area (Å²) in [5, 5.41) is 0. The lowest BCUT2D eigenvalue weighted by Crippen LogP contribution is -2.30. The van der Waals surface area contributed by atoms with Crippen LogP contribution in [0.4, 0.5) is 0 Å². The molecule has 0 saturated carbocycles. The van der Waals surface area contributed by atoms with Gasteiger partial charge in [0.15, 0.2) is 6.10 Å². The van der Waals surface area contributed by atoms with Gasteiger partial charge in [0, 0.05) is 19.3 Å². The fourth-order valence-electron chi connectivity index (χ4n) is 10.9. The molecule has 0 aromatic rings. The molecule has 81 heavy (non-hydrogen) atoms. The predicted molar refractivity (Wildman–Crippen MR) is 353 cm³/mol. The Hall–Kier alpha value is -2.63. The van der Waals surface area contributed by atoms with Gasteiger partial charge in [-0.3, -0.25) is 14.4 Å². The van der Waals surface area contributed by atoms with Crippen LogP contribution in [-0.2, 0) is 28.6 Å². The maximum atomic E-state index is 12.9. The quantitative estimate of drug-likeness (QED) is 0.0261. The van der Waals surface area contributed by atoms with Crippen molar-refractivity contribution in [1.29, 1.82) is 0 Å². The summed E-state index contributed by atoms with van der Waals surface area (Å²) in [5.74, 6) is -0.875. The van der Waals surface area contributed by atoms with E-state index in [1.165, 1.54) is 263 Å². The van der Waals surface area contributed by atoms with Crippen molar-refractivity contribution in [3.05, 3.63) is 48.6 Å². The molecule has 0 spiro atoms. The lowest BCUT2D eigenvalue weighted by molar-refractivity contribution is -0.167. The second kappa shape index (κ2) is 69.9. The van der Waals surface area contributed by atoms with Crippen molar-refractivity contribution in [3.8, 4) is 0 Å². The van der Waals surface area contributed by atoms with E-state index in [0.717, 1.165) is 89.9 Å². The molecule has 0 aliphatic heterocycles. The summed E-state index contributed by atoms with van der Waals surface area (Å²) in [6.07, 6.45) is 88.7. The molecule has 474 valence electrons. The van der Waals surface area contributed by atoms with Crippen LogP contribution in [0.2, 0.25) is 0 Å². The van der Waals surface area contributed by atoms with Gasteiger partial charge in [0.05, 0.1) is 0 Å². The Labute approximate surface area is 505 Å². The second-order valence-electron chi connectivity index (χ2n) is 24.5. The van der Waals surface area contributed by atoms with Gasteiger partial charge in [-0.2, -0.15) is 0 Å². The van der Waals surface area contributed by atoms with Gasteiger partial charge < -0.3 is 14.2 Å². The highest BCUT2D eigenvalue weighted by Crippen LogP contribution is 2.19. The van der Waals surface area contributed by atoms with Crippen molar-refractivity contribution in [1.82, 2.24) is 0 Å². The second-order valence-corrected chi connectivity index (χ2v) is 24.5. The summed E-state index contributed by atoms with van der Waals surface area (Å²) in [6.45, 7) is 6.64. The average molecular weight is 1140 g/mol. The SMILES string of the molecule is CCCCC/C=C\C/C=C\CCCCCCCCCC(=O)OC(COC(=O)CCCCCCC/C=C\C/C=C\CCCCC)COC(=O)CCCCCCCCCCCCCCCCCCCCCCCCCCCCCCCCC. The highest BCUT2D eigenvalue weighted by atomic mass is 16.6. The zero-order chi connectivity index (χ0) is 58.5. The molecule has 0 heterocycles. The molecule has 0 fully saturated rings. The third-order valence-corrected chi connectivity index (χ3v) is 16.3. The van der Waals surface area contributed by atoms with Crippen molar-refractivity contribution >= 4 is 17.9 Å². The van der Waals surface area contributed by atoms with Crippen LogP contribution < -0.4 is 0 Å². The third-order valence-electron chi connectivity index (χ3n) is 16.3. The fourth-order valence-corrected chi connectivity index (χ4v) is 10.9. The van der Waals surface area contributed by atoms with Crippen molar-refractivity contribution in [2.75, 3.05) is 13.2 Å². The molecule has 0 amide bonds. The van der Waals surface area contributed by atoms with E-state index in [1.54, 1.807) is 0 Å². The fraction of sp³-hybridized carbons (Fsp3) is 0.853. The van der Waals surface area contributed by atoms with E-state index in [2.05, 4.69) is 69.4 Å². The summed E-state index contributed by atoms with van der Waals surface area (Å²) in [5.41, 5.74) is 0. The zero-order valence-corrected chi connectivity index (χ0v) is 54.6. The summed E-state index contributed by atoms with van der Waals surface area (Å²) in [4.78, 5) is 38.4. The molecule has 0 N–H and O–H groups in total. The van der Waals surface area contributed by atoms with Gasteiger partial charge in [-0.1, -0.05) is 339 Å². The van der Waals surface area contributed by atoms with E-state index in [4.69, 9.17) is 14.2 Å². The van der Waals surface area contributed by atoms with Crippen LogP contribution in [0.3, 0.4) is 0 Å². The molecule has 0 radical (unpaired) electrons. The van der Waals surface area contributed by atoms with E-state index in [-0.39, 0.29) is 31.1 Å². The molecule has 0 saturated heterocycles. The number of hydrogen-bond acceptors (Lipinski definition) is 6. The van der Waals surface area contributed by atoms with Crippen LogP contribution >= 0.6 is 0 Å². The summed E-state index contributed by atoms with van der Waals surface area (Å²) >= 11 is 0. The molecule has 0 rings (SSSR count). The van der Waals surface area contributed by atoms with Gasteiger partial charge in [-0.05, 0) is 83.5 Å². The first-order valence-electron chi connectivity index (χ1n) is 36.1. The van der Waals surface area contributed by atoms with Crippen LogP contribution in [0.1, 0.15) is 393 Å². The number of allylic oxidation sites excluding steroid dienone is 8. The van der Waals surface area contributed by atoms with Crippen molar-refractivity contribution in [2.45, 2.75) is 399 Å². The molecular formula is C75H138O6. The third kappa shape index (κ3) is 68.0. The number of hydrogen-bond donors (Lipinski definition) is 0. The molecule has 0 aliphatic rings. The molecule has 0 aromatic carbocycles. The first-order valence-corrected chi connectivity index (χ1v) is 36.1. The van der Waals surface area contributed by atoms with Crippen LogP contribution in [0.15, 0.2) is 48.6 Å². The normalized spacial score (nSPS) is 12.3. The summed E-state index contributed by atoms with van der Waals surface area (Å²) in [7, 11) is 0. The Morgan fingerprint density at radius 3 is 0.704 bits per heavy atom. The summed E-state index contributed by atoms with van der Waals surface area (Å²) in [6, 6.07) is 0. The van der Waals surface area contributed by atoms with Gasteiger partial charge in [-0.25, -0.2) is 0 Å². The molecule has 1 unspecified atom stereocenters. The average Bonchev–Trinajstić information content (AvgIpc) is 3.47. The van der Waals surface area contributed by atoms with Crippen LogP contribution in [0.5, 0.6) is 0 Å². The Morgan fingerprint density at radius 1 is 0.247 bits per heavy atom. The van der Waals surface area contributed by atoms with Crippen LogP contribution in [0, 0.1) is 0 Å². The lowest BCUT2D eigenvalue weighted by atomic mass is 10.0. The van der Waals surface area contributed by atoms with Crippen LogP contribution in [0.25, 0.3) is 0 Å². The van der Waals surface area contributed by atoms with Gasteiger partial charge in [0.25, 0.3) is 0 Å². The molecule has 6 heteroatoms. The first kappa shape index (κ1) is 78.4. The van der Waals surface area contributed by atoms with E-state index in [0.29, 0.717) is 19.3 Å². The Balaban J connectivity index is 4.17. The predicted octanol–water partition coefficient (Wildman–Crippen LogP) is 24.9. The molecule has 0 aliphatic carbocycles. The minimum absolute atomic E-state index is 0.0773. The van der Waals surface area contributed by atoms with Crippen molar-refractivity contribution in [2.24, 2.45) is 0 Å². The maximum Gasteiger partial charge on any atom is 0.306 e. The highest BCUT2D eigenvalue weighted by molar-refractivity contribution is 5.71. The number of ether oxygens (including phenoxy) is 3. The van der Waals surface area contributed by atoms with Gasteiger partial charge >= 0.3 is 17.9 Å². The van der Waals surface area contributed by atoms with Gasteiger partial charge in [0.1, 0.15) is 13.2 Å². The molecule has 0 aromatic heterocycles.